The Morgan fingerprint density at radius 2 is 2.11 bits per heavy atom. The summed E-state index contributed by atoms with van der Waals surface area (Å²) in [5, 5.41) is -0.310. The van der Waals surface area contributed by atoms with Gasteiger partial charge < -0.3 is 5.73 Å². The number of nitrogen functional groups attached to an aromatic ring is 1. The highest BCUT2D eigenvalue weighted by atomic mass is 79.9. The van der Waals surface area contributed by atoms with Gasteiger partial charge >= 0.3 is 16.9 Å². The topological polar surface area (TPSA) is 68.9 Å². The first-order valence-corrected chi connectivity index (χ1v) is 6.92. The summed E-state index contributed by atoms with van der Waals surface area (Å²) in [5.41, 5.74) is 6.40. The van der Waals surface area contributed by atoms with Gasteiger partial charge in [0.05, 0.1) is 0 Å². The molecule has 0 saturated carbocycles. The van der Waals surface area contributed by atoms with Crippen LogP contribution in [0.25, 0.3) is 0 Å². The summed E-state index contributed by atoms with van der Waals surface area (Å²) in [6.45, 7) is 0. The lowest BCUT2D eigenvalue weighted by atomic mass is 10.1. The fourth-order valence-electron chi connectivity index (χ4n) is 1.49. The molecule has 92 valence electrons. The molecule has 2 rings (SSSR count). The average Bonchev–Trinajstić information content (AvgIpc) is 2.28. The van der Waals surface area contributed by atoms with Gasteiger partial charge in [0, 0.05) is 20.3 Å². The summed E-state index contributed by atoms with van der Waals surface area (Å²) in [7, 11) is 0. The van der Waals surface area contributed by atoms with Gasteiger partial charge in [-0.3, -0.25) is 0 Å². The van der Waals surface area contributed by atoms with Crippen LogP contribution in [0.2, 0.25) is 5.15 Å². The van der Waals surface area contributed by atoms with E-state index in [0.29, 0.717) is 17.5 Å². The maximum Gasteiger partial charge on any atom is 0.475 e. The first-order valence-electron chi connectivity index (χ1n) is 4.94. The summed E-state index contributed by atoms with van der Waals surface area (Å²) < 4.78 is 12.2. The first-order chi connectivity index (χ1) is 8.60. The smallest absolute Gasteiger partial charge is 0.384 e. The number of hydrogen-bond acceptors (Lipinski definition) is 4. The van der Waals surface area contributed by atoms with Gasteiger partial charge in [0.15, 0.2) is 0 Å². The predicted octanol–water partition coefficient (Wildman–Crippen LogP) is 2.99. The minimum atomic E-state index is -0.538. The van der Waals surface area contributed by atoms with Gasteiger partial charge in [-0.15, -0.1) is 0 Å². The molecule has 0 aliphatic carbocycles. The second kappa shape index (κ2) is 5.69. The molecule has 0 fully saturated rings. The van der Waals surface area contributed by atoms with Crippen molar-refractivity contribution in [3.05, 3.63) is 51.3 Å². The lowest BCUT2D eigenvalue weighted by Gasteiger charge is -2.03. The van der Waals surface area contributed by atoms with Crippen LogP contribution in [0.15, 0.2) is 34.8 Å². The van der Waals surface area contributed by atoms with Crippen molar-refractivity contribution in [2.24, 2.45) is 0 Å². The summed E-state index contributed by atoms with van der Waals surface area (Å²) >= 11 is 9.57. The zero-order chi connectivity index (χ0) is 13.1. The first kappa shape index (κ1) is 13.3. The minimum absolute atomic E-state index is 0.228. The van der Waals surface area contributed by atoms with E-state index in [1.165, 1.54) is 6.07 Å². The van der Waals surface area contributed by atoms with Crippen molar-refractivity contribution in [1.29, 1.82) is 0 Å². The van der Waals surface area contributed by atoms with Crippen molar-refractivity contribution in [2.45, 2.75) is 5.25 Å². The molecule has 1 heterocycles. The molecular weight excluding hydrogens is 338 g/mol. The normalized spacial score (nSPS) is 12.1. The molecule has 0 amide bonds. The van der Waals surface area contributed by atoms with Crippen molar-refractivity contribution in [2.75, 3.05) is 5.73 Å². The quantitative estimate of drug-likeness (QED) is 0.686. The fraction of sp³-hybridized carbons (Fsp3) is 0.0909. The van der Waals surface area contributed by atoms with Crippen molar-refractivity contribution >= 4 is 45.0 Å². The maximum absolute atomic E-state index is 11.3. The predicted molar refractivity (Wildman–Crippen MR) is 75.5 cm³/mol. The van der Waals surface area contributed by atoms with Crippen LogP contribution >= 0.6 is 27.5 Å². The van der Waals surface area contributed by atoms with Crippen molar-refractivity contribution in [3.8, 4) is 0 Å². The van der Waals surface area contributed by atoms with E-state index < -0.39 is 5.25 Å². The Hall–Kier alpha value is -1.11. The molecule has 1 aromatic carbocycles. The molecule has 1 aromatic heterocycles. The molecule has 1 unspecified atom stereocenters. The highest BCUT2D eigenvalue weighted by molar-refractivity contribution is 9.10. The summed E-state index contributed by atoms with van der Waals surface area (Å²) in [5.74, 6) is 0.567. The fourth-order valence-corrected chi connectivity index (χ4v) is 2.55. The molecule has 2 N–H and O–H groups in total. The second-order valence-corrected chi connectivity index (χ2v) is 5.47. The van der Waals surface area contributed by atoms with E-state index >= 15 is 0 Å². The third-order valence-electron chi connectivity index (χ3n) is 2.21. The third kappa shape index (κ3) is 3.01. The molecule has 0 spiro atoms. The molecule has 0 bridgehead atoms. The van der Waals surface area contributed by atoms with E-state index in [-0.39, 0.29) is 11.0 Å². The molecule has 0 saturated heterocycles. The number of aromatic nitrogens is 2. The van der Waals surface area contributed by atoms with Crippen LogP contribution in [0.1, 0.15) is 16.6 Å². The van der Waals surface area contributed by atoms with E-state index in [2.05, 4.69) is 25.9 Å². The molecular formula is C11H8BrClN3OS+. The van der Waals surface area contributed by atoms with Crippen molar-refractivity contribution < 1.29 is 4.21 Å². The highest BCUT2D eigenvalue weighted by Crippen LogP contribution is 2.25. The lowest BCUT2D eigenvalue weighted by Crippen LogP contribution is -2.07. The Balaban J connectivity index is 2.48. The Bertz CT molecular complexity index is 576. The second-order valence-electron chi connectivity index (χ2n) is 3.51. The van der Waals surface area contributed by atoms with Crippen LogP contribution in [-0.2, 0) is 15.9 Å². The Morgan fingerprint density at radius 3 is 2.72 bits per heavy atom. The van der Waals surface area contributed by atoms with Gasteiger partial charge in [0.25, 0.3) is 0 Å². The summed E-state index contributed by atoms with van der Waals surface area (Å²) in [6.07, 6.45) is 0. The molecule has 0 radical (unpaired) electrons. The van der Waals surface area contributed by atoms with Crippen LogP contribution in [0, 0.1) is 0 Å². The molecule has 18 heavy (non-hydrogen) atoms. The van der Waals surface area contributed by atoms with E-state index in [4.69, 9.17) is 17.3 Å². The van der Waals surface area contributed by atoms with E-state index in [1.807, 2.05) is 24.3 Å². The van der Waals surface area contributed by atoms with Gasteiger partial charge in [-0.05, 0) is 12.1 Å². The van der Waals surface area contributed by atoms with Crippen LogP contribution in [0.5, 0.6) is 0 Å². The van der Waals surface area contributed by atoms with Gasteiger partial charge in [-0.1, -0.05) is 39.7 Å². The largest absolute Gasteiger partial charge is 0.475 e. The Labute approximate surface area is 121 Å². The zero-order valence-corrected chi connectivity index (χ0v) is 12.2. The van der Waals surface area contributed by atoms with Crippen LogP contribution in [-0.4, -0.2) is 9.97 Å². The number of rotatable bonds is 3. The Kier molecular flexibility index (Phi) is 4.21. The average molecular weight is 346 g/mol. The molecule has 0 aliphatic rings. The minimum Gasteiger partial charge on any atom is -0.384 e. The summed E-state index contributed by atoms with van der Waals surface area (Å²) in [6, 6.07) is 8.84. The standard InChI is InChI=1S/C11H8BrClN3OS/c12-7-3-1-2-6(4-7)10(18-17)11-15-8(13)5-9(14)16-11/h1-5,10H,(H2,14,15,16)/q+1. The zero-order valence-electron chi connectivity index (χ0n) is 9.01. The molecule has 2 aromatic rings. The number of benzene rings is 1. The third-order valence-corrected chi connectivity index (χ3v) is 3.58. The monoisotopic (exact) mass is 344 g/mol. The van der Waals surface area contributed by atoms with Crippen LogP contribution in [0.4, 0.5) is 5.82 Å². The van der Waals surface area contributed by atoms with Gasteiger partial charge in [-0.25, -0.2) is 9.97 Å². The summed E-state index contributed by atoms with van der Waals surface area (Å²) in [4.78, 5) is 8.11. The number of halogens is 2. The van der Waals surface area contributed by atoms with Crippen molar-refractivity contribution in [3.63, 3.8) is 0 Å². The van der Waals surface area contributed by atoms with Crippen molar-refractivity contribution in [1.82, 2.24) is 9.97 Å². The number of nitrogens with zero attached hydrogens (tertiary/aromatic N) is 2. The van der Waals surface area contributed by atoms with E-state index in [1.54, 1.807) is 0 Å². The molecule has 7 heteroatoms. The SMILES string of the molecule is Nc1cc(Cl)nc(C([S+]=O)c2cccc(Br)c2)n1. The maximum atomic E-state index is 11.3. The molecule has 4 nitrogen and oxygen atoms in total. The van der Waals surface area contributed by atoms with Gasteiger partial charge in [-0.2, -0.15) is 0 Å². The molecule has 1 atom stereocenters. The number of anilines is 1. The van der Waals surface area contributed by atoms with Crippen LogP contribution < -0.4 is 5.73 Å². The van der Waals surface area contributed by atoms with E-state index in [0.717, 1.165) is 10.0 Å². The van der Waals surface area contributed by atoms with E-state index in [9.17, 15) is 4.21 Å². The van der Waals surface area contributed by atoms with Gasteiger partial charge in [0.1, 0.15) is 11.0 Å². The molecule has 0 aliphatic heterocycles. The van der Waals surface area contributed by atoms with Gasteiger partial charge in [0.2, 0.25) is 5.82 Å². The Morgan fingerprint density at radius 1 is 1.33 bits per heavy atom. The number of nitrogens with two attached hydrogens (primary N) is 1. The number of hydrogen-bond donors (Lipinski definition) is 1. The van der Waals surface area contributed by atoms with Crippen LogP contribution in [0.3, 0.4) is 0 Å². The lowest BCUT2D eigenvalue weighted by molar-refractivity contribution is 0.600. The highest BCUT2D eigenvalue weighted by Gasteiger charge is 2.30.